The van der Waals surface area contributed by atoms with Crippen LogP contribution < -0.4 is 19.5 Å². The van der Waals surface area contributed by atoms with Crippen molar-refractivity contribution in [1.82, 2.24) is 4.90 Å². The zero-order valence-electron chi connectivity index (χ0n) is 16.1. The Kier molecular flexibility index (Phi) is 5.84. The molecule has 2 aromatic carbocycles. The second kappa shape index (κ2) is 8.86. The van der Waals surface area contributed by atoms with E-state index in [-0.39, 0.29) is 24.3 Å². The fourth-order valence-corrected chi connectivity index (χ4v) is 3.51. The van der Waals surface area contributed by atoms with Crippen LogP contribution in [-0.2, 0) is 9.59 Å². The Balaban J connectivity index is 1.24. The maximum Gasteiger partial charge on any atom is 0.260 e. The lowest BCUT2D eigenvalue weighted by Crippen LogP contribution is -2.43. The van der Waals surface area contributed by atoms with Gasteiger partial charge in [-0.1, -0.05) is 18.2 Å². The number of carbonyl (C=O) groups excluding carboxylic acids is 2. The topological polar surface area (TPSA) is 77.1 Å². The van der Waals surface area contributed by atoms with E-state index in [0.29, 0.717) is 62.1 Å². The molecule has 0 aliphatic carbocycles. The predicted molar refractivity (Wildman–Crippen MR) is 107 cm³/mol. The molecule has 1 N–H and O–H groups in total. The number of fused-ring (bicyclic) bond motifs is 1. The highest BCUT2D eigenvalue weighted by Gasteiger charge is 2.27. The van der Waals surface area contributed by atoms with Crippen LogP contribution in [0.3, 0.4) is 0 Å². The third kappa shape index (κ3) is 4.80. The van der Waals surface area contributed by atoms with E-state index in [1.54, 1.807) is 17.0 Å². The van der Waals surface area contributed by atoms with Gasteiger partial charge in [-0.2, -0.15) is 0 Å². The summed E-state index contributed by atoms with van der Waals surface area (Å²) in [5.74, 6) is 1.80. The van der Waals surface area contributed by atoms with Gasteiger partial charge in [-0.3, -0.25) is 9.59 Å². The van der Waals surface area contributed by atoms with Crippen molar-refractivity contribution in [3.05, 3.63) is 48.5 Å². The number of anilines is 1. The molecule has 152 valence electrons. The van der Waals surface area contributed by atoms with Crippen LogP contribution in [0.4, 0.5) is 5.69 Å². The Labute approximate surface area is 169 Å². The zero-order valence-corrected chi connectivity index (χ0v) is 16.1. The molecule has 4 rings (SSSR count). The van der Waals surface area contributed by atoms with Gasteiger partial charge in [-0.05, 0) is 37.1 Å². The summed E-state index contributed by atoms with van der Waals surface area (Å²) in [5.41, 5.74) is 0.689. The van der Waals surface area contributed by atoms with E-state index in [1.807, 2.05) is 36.4 Å². The molecule has 2 amide bonds. The minimum absolute atomic E-state index is 0.0120. The molecule has 0 atom stereocenters. The van der Waals surface area contributed by atoms with Gasteiger partial charge < -0.3 is 24.4 Å². The van der Waals surface area contributed by atoms with Gasteiger partial charge in [0.15, 0.2) is 18.1 Å². The Morgan fingerprint density at radius 3 is 2.48 bits per heavy atom. The number of likely N-dealkylation sites (tertiary alicyclic amines) is 1. The second-order valence-corrected chi connectivity index (χ2v) is 7.10. The summed E-state index contributed by atoms with van der Waals surface area (Å²) < 4.78 is 16.6. The molecule has 2 aromatic rings. The molecular formula is C22H24N2O5. The summed E-state index contributed by atoms with van der Waals surface area (Å²) in [7, 11) is 0. The number of ether oxygens (including phenoxy) is 3. The molecule has 0 bridgehead atoms. The van der Waals surface area contributed by atoms with Crippen molar-refractivity contribution in [2.24, 2.45) is 5.92 Å². The Morgan fingerprint density at radius 2 is 1.72 bits per heavy atom. The van der Waals surface area contributed by atoms with E-state index >= 15 is 0 Å². The number of carbonyl (C=O) groups is 2. The molecule has 0 spiro atoms. The molecular weight excluding hydrogens is 372 g/mol. The summed E-state index contributed by atoms with van der Waals surface area (Å²) in [6.45, 7) is 2.15. The van der Waals surface area contributed by atoms with Crippen molar-refractivity contribution in [2.75, 3.05) is 38.2 Å². The second-order valence-electron chi connectivity index (χ2n) is 7.10. The fraction of sp³-hybridized carbons (Fsp3) is 0.364. The van der Waals surface area contributed by atoms with Crippen molar-refractivity contribution in [3.8, 4) is 17.2 Å². The number of benzene rings is 2. The molecule has 2 heterocycles. The van der Waals surface area contributed by atoms with E-state index in [1.165, 1.54) is 0 Å². The molecule has 2 aliphatic heterocycles. The van der Waals surface area contributed by atoms with Crippen molar-refractivity contribution < 1.29 is 23.8 Å². The first kappa shape index (κ1) is 19.1. The monoisotopic (exact) mass is 396 g/mol. The van der Waals surface area contributed by atoms with Gasteiger partial charge in [0, 0.05) is 30.8 Å². The number of piperidine rings is 1. The highest BCUT2D eigenvalue weighted by Crippen LogP contribution is 2.33. The maximum atomic E-state index is 12.6. The highest BCUT2D eigenvalue weighted by molar-refractivity contribution is 5.93. The van der Waals surface area contributed by atoms with Crippen LogP contribution in [0.15, 0.2) is 48.5 Å². The first-order valence-electron chi connectivity index (χ1n) is 9.85. The largest absolute Gasteiger partial charge is 0.486 e. The van der Waals surface area contributed by atoms with Crippen LogP contribution in [-0.4, -0.2) is 49.6 Å². The number of para-hydroxylation sites is 1. The van der Waals surface area contributed by atoms with Crippen LogP contribution >= 0.6 is 0 Å². The summed E-state index contributed by atoms with van der Waals surface area (Å²) in [6.07, 6.45) is 1.26. The quantitative estimate of drug-likeness (QED) is 0.841. The number of rotatable bonds is 5. The molecule has 7 heteroatoms. The number of amides is 2. The lowest BCUT2D eigenvalue weighted by molar-refractivity contribution is -0.136. The molecule has 1 saturated heterocycles. The van der Waals surface area contributed by atoms with Gasteiger partial charge >= 0.3 is 0 Å². The fourth-order valence-electron chi connectivity index (χ4n) is 3.51. The molecule has 0 aromatic heterocycles. The average molecular weight is 396 g/mol. The lowest BCUT2D eigenvalue weighted by Gasteiger charge is -2.31. The third-order valence-electron chi connectivity index (χ3n) is 5.13. The SMILES string of the molecule is O=C(Nc1ccc2c(c1)OCCO2)C1CCN(C(=O)COc2ccccc2)CC1. The first-order chi connectivity index (χ1) is 14.2. The summed E-state index contributed by atoms with van der Waals surface area (Å²) in [5, 5.41) is 2.95. The van der Waals surface area contributed by atoms with Crippen molar-refractivity contribution in [1.29, 1.82) is 0 Å². The van der Waals surface area contributed by atoms with Crippen LogP contribution in [0, 0.1) is 5.92 Å². The Morgan fingerprint density at radius 1 is 1.00 bits per heavy atom. The van der Waals surface area contributed by atoms with Crippen LogP contribution in [0.2, 0.25) is 0 Å². The van der Waals surface area contributed by atoms with Crippen LogP contribution in [0.5, 0.6) is 17.2 Å². The number of hydrogen-bond donors (Lipinski definition) is 1. The highest BCUT2D eigenvalue weighted by atomic mass is 16.6. The minimum Gasteiger partial charge on any atom is -0.486 e. The van der Waals surface area contributed by atoms with E-state index in [0.717, 1.165) is 0 Å². The molecule has 29 heavy (non-hydrogen) atoms. The van der Waals surface area contributed by atoms with Gasteiger partial charge in [0.2, 0.25) is 5.91 Å². The summed E-state index contributed by atoms with van der Waals surface area (Å²) in [4.78, 5) is 26.7. The van der Waals surface area contributed by atoms with Gasteiger partial charge in [0.25, 0.3) is 5.91 Å². The number of hydrogen-bond acceptors (Lipinski definition) is 5. The van der Waals surface area contributed by atoms with E-state index in [2.05, 4.69) is 5.32 Å². The summed E-state index contributed by atoms with van der Waals surface area (Å²) in [6, 6.07) is 14.7. The number of nitrogens with zero attached hydrogens (tertiary/aromatic N) is 1. The molecule has 2 aliphatic rings. The average Bonchev–Trinajstić information content (AvgIpc) is 2.78. The Bertz CT molecular complexity index is 863. The maximum absolute atomic E-state index is 12.6. The van der Waals surface area contributed by atoms with Gasteiger partial charge in [-0.25, -0.2) is 0 Å². The molecule has 7 nitrogen and oxygen atoms in total. The van der Waals surface area contributed by atoms with E-state index in [9.17, 15) is 9.59 Å². The summed E-state index contributed by atoms with van der Waals surface area (Å²) >= 11 is 0. The smallest absolute Gasteiger partial charge is 0.260 e. The van der Waals surface area contributed by atoms with Crippen molar-refractivity contribution >= 4 is 17.5 Å². The van der Waals surface area contributed by atoms with E-state index in [4.69, 9.17) is 14.2 Å². The van der Waals surface area contributed by atoms with E-state index < -0.39 is 0 Å². The van der Waals surface area contributed by atoms with Gasteiger partial charge in [0.05, 0.1) is 0 Å². The molecule has 1 fully saturated rings. The molecule has 0 radical (unpaired) electrons. The van der Waals surface area contributed by atoms with Crippen molar-refractivity contribution in [2.45, 2.75) is 12.8 Å². The Hall–Kier alpha value is -3.22. The zero-order chi connectivity index (χ0) is 20.1. The van der Waals surface area contributed by atoms with Crippen LogP contribution in [0.1, 0.15) is 12.8 Å². The standard InChI is InChI=1S/C22H24N2O5/c25-21(15-29-18-4-2-1-3-5-18)24-10-8-16(9-11-24)22(26)23-17-6-7-19-20(14-17)28-13-12-27-19/h1-7,14,16H,8-13,15H2,(H,23,26). The number of nitrogens with one attached hydrogen (secondary N) is 1. The predicted octanol–water partition coefficient (Wildman–Crippen LogP) is 2.71. The normalized spacial score (nSPS) is 16.2. The van der Waals surface area contributed by atoms with Gasteiger partial charge in [-0.15, -0.1) is 0 Å². The molecule has 0 unspecified atom stereocenters. The lowest BCUT2D eigenvalue weighted by atomic mass is 9.95. The first-order valence-corrected chi connectivity index (χ1v) is 9.85. The third-order valence-corrected chi connectivity index (χ3v) is 5.13. The molecule has 0 saturated carbocycles. The van der Waals surface area contributed by atoms with Crippen molar-refractivity contribution in [3.63, 3.8) is 0 Å². The minimum atomic E-state index is -0.123. The van der Waals surface area contributed by atoms with Crippen LogP contribution in [0.25, 0.3) is 0 Å². The van der Waals surface area contributed by atoms with Gasteiger partial charge in [0.1, 0.15) is 19.0 Å².